The minimum atomic E-state index is 0.815. The van der Waals surface area contributed by atoms with Crippen LogP contribution in [0, 0.1) is 0 Å². The van der Waals surface area contributed by atoms with E-state index in [1.165, 1.54) is 5.82 Å². The number of aryl methyl sites for hydroxylation is 1. The molecule has 0 bridgehead atoms. The van der Waals surface area contributed by atoms with E-state index in [0.717, 1.165) is 52.1 Å². The Morgan fingerprint density at radius 1 is 1.35 bits per heavy atom. The topological polar surface area (TPSA) is 39.1 Å². The predicted octanol–water partition coefficient (Wildman–Crippen LogP) is 1.85. The lowest BCUT2D eigenvalue weighted by molar-refractivity contribution is 0.145. The number of hydrogen-bond acceptors (Lipinski definition) is 3. The van der Waals surface area contributed by atoms with Crippen molar-refractivity contribution >= 4 is 0 Å². The van der Waals surface area contributed by atoms with Crippen LogP contribution in [-0.2, 0) is 17.7 Å². The number of imidazole rings is 1. The van der Waals surface area contributed by atoms with E-state index in [0.29, 0.717) is 0 Å². The molecule has 98 valence electrons. The third-order valence-electron chi connectivity index (χ3n) is 2.65. The Morgan fingerprint density at radius 2 is 2.24 bits per heavy atom. The van der Waals surface area contributed by atoms with Gasteiger partial charge in [0.05, 0.1) is 0 Å². The second-order valence-corrected chi connectivity index (χ2v) is 4.09. The van der Waals surface area contributed by atoms with Gasteiger partial charge in [-0.2, -0.15) is 0 Å². The second kappa shape index (κ2) is 9.19. The van der Waals surface area contributed by atoms with Crippen LogP contribution >= 0.6 is 0 Å². The molecule has 1 rings (SSSR count). The van der Waals surface area contributed by atoms with Gasteiger partial charge in [-0.25, -0.2) is 4.98 Å². The van der Waals surface area contributed by atoms with Crippen LogP contribution in [-0.4, -0.2) is 35.9 Å². The van der Waals surface area contributed by atoms with Gasteiger partial charge in [-0.1, -0.05) is 6.92 Å². The Balaban J connectivity index is 2.07. The van der Waals surface area contributed by atoms with Gasteiger partial charge in [-0.05, 0) is 26.3 Å². The normalized spacial score (nSPS) is 10.9. The average molecular weight is 239 g/mol. The summed E-state index contributed by atoms with van der Waals surface area (Å²) in [4.78, 5) is 4.36. The number of aromatic nitrogens is 2. The van der Waals surface area contributed by atoms with Crippen LogP contribution in [0.5, 0.6) is 0 Å². The number of rotatable bonds is 10. The fourth-order valence-corrected chi connectivity index (χ4v) is 1.76. The van der Waals surface area contributed by atoms with Gasteiger partial charge in [0, 0.05) is 45.1 Å². The maximum Gasteiger partial charge on any atom is 0.108 e. The van der Waals surface area contributed by atoms with Crippen LogP contribution in [0.4, 0.5) is 0 Å². The smallest absolute Gasteiger partial charge is 0.108 e. The molecule has 0 saturated carbocycles. The van der Waals surface area contributed by atoms with Gasteiger partial charge in [-0.15, -0.1) is 0 Å². The molecule has 0 aromatic carbocycles. The van der Waals surface area contributed by atoms with Crippen molar-refractivity contribution in [3.05, 3.63) is 18.2 Å². The SMILES string of the molecule is CCCc1nccn1CCNCCCOCC. The summed E-state index contributed by atoms with van der Waals surface area (Å²) in [5, 5.41) is 3.42. The molecule has 1 N–H and O–H groups in total. The summed E-state index contributed by atoms with van der Waals surface area (Å²) in [6.45, 7) is 8.92. The van der Waals surface area contributed by atoms with Crippen molar-refractivity contribution < 1.29 is 4.74 Å². The average Bonchev–Trinajstić information content (AvgIpc) is 2.76. The summed E-state index contributed by atoms with van der Waals surface area (Å²) < 4.78 is 7.52. The van der Waals surface area contributed by atoms with Crippen LogP contribution in [0.1, 0.15) is 32.5 Å². The zero-order chi connectivity index (χ0) is 12.3. The van der Waals surface area contributed by atoms with Gasteiger partial charge < -0.3 is 14.6 Å². The van der Waals surface area contributed by atoms with E-state index < -0.39 is 0 Å². The molecule has 4 heteroatoms. The van der Waals surface area contributed by atoms with E-state index in [1.807, 2.05) is 13.1 Å². The van der Waals surface area contributed by atoms with Crippen LogP contribution in [0.2, 0.25) is 0 Å². The van der Waals surface area contributed by atoms with E-state index in [1.54, 1.807) is 0 Å². The molecule has 0 amide bonds. The first-order chi connectivity index (χ1) is 8.38. The molecule has 0 aliphatic carbocycles. The van der Waals surface area contributed by atoms with Gasteiger partial charge in [0.2, 0.25) is 0 Å². The molecular weight excluding hydrogens is 214 g/mol. The van der Waals surface area contributed by atoms with Crippen molar-refractivity contribution in [3.63, 3.8) is 0 Å². The molecule has 0 aliphatic rings. The minimum Gasteiger partial charge on any atom is -0.382 e. The summed E-state index contributed by atoms with van der Waals surface area (Å²) in [5.41, 5.74) is 0. The summed E-state index contributed by atoms with van der Waals surface area (Å²) in [6.07, 6.45) is 7.25. The quantitative estimate of drug-likeness (QED) is 0.633. The maximum atomic E-state index is 5.28. The Labute approximate surface area is 104 Å². The standard InChI is InChI=1S/C13H25N3O/c1-3-6-13-15-9-11-16(13)10-8-14-7-5-12-17-4-2/h9,11,14H,3-8,10,12H2,1-2H3. The molecule has 1 aromatic rings. The molecule has 4 nitrogen and oxygen atoms in total. The van der Waals surface area contributed by atoms with Gasteiger partial charge in [0.25, 0.3) is 0 Å². The van der Waals surface area contributed by atoms with Crippen LogP contribution in [0.15, 0.2) is 12.4 Å². The number of hydrogen-bond donors (Lipinski definition) is 1. The van der Waals surface area contributed by atoms with Crippen LogP contribution in [0.25, 0.3) is 0 Å². The van der Waals surface area contributed by atoms with Gasteiger partial charge >= 0.3 is 0 Å². The van der Waals surface area contributed by atoms with Crippen molar-refractivity contribution in [2.45, 2.75) is 39.7 Å². The lowest BCUT2D eigenvalue weighted by Gasteiger charge is -2.08. The first-order valence-electron chi connectivity index (χ1n) is 6.67. The van der Waals surface area contributed by atoms with E-state index in [2.05, 4.69) is 28.0 Å². The molecule has 0 radical (unpaired) electrons. The second-order valence-electron chi connectivity index (χ2n) is 4.09. The fourth-order valence-electron chi connectivity index (χ4n) is 1.76. The van der Waals surface area contributed by atoms with E-state index >= 15 is 0 Å². The summed E-state index contributed by atoms with van der Waals surface area (Å²) in [7, 11) is 0. The molecule has 0 fully saturated rings. The van der Waals surface area contributed by atoms with Gasteiger partial charge in [0.1, 0.15) is 5.82 Å². The molecule has 0 aliphatic heterocycles. The molecule has 0 saturated heterocycles. The number of nitrogens with one attached hydrogen (secondary N) is 1. The highest BCUT2D eigenvalue weighted by Crippen LogP contribution is 2.00. The molecule has 0 unspecified atom stereocenters. The highest BCUT2D eigenvalue weighted by Gasteiger charge is 2.00. The van der Waals surface area contributed by atoms with Crippen molar-refractivity contribution in [1.82, 2.24) is 14.9 Å². The molecule has 1 heterocycles. The molecule has 17 heavy (non-hydrogen) atoms. The lowest BCUT2D eigenvalue weighted by atomic mass is 10.3. The van der Waals surface area contributed by atoms with Crippen LogP contribution < -0.4 is 5.32 Å². The monoisotopic (exact) mass is 239 g/mol. The van der Waals surface area contributed by atoms with Gasteiger partial charge in [0.15, 0.2) is 0 Å². The first kappa shape index (κ1) is 14.2. The molecule has 0 spiro atoms. The van der Waals surface area contributed by atoms with Crippen molar-refractivity contribution in [3.8, 4) is 0 Å². The first-order valence-corrected chi connectivity index (χ1v) is 6.67. The zero-order valence-corrected chi connectivity index (χ0v) is 11.1. The molecular formula is C13H25N3O. The largest absolute Gasteiger partial charge is 0.382 e. The maximum absolute atomic E-state index is 5.28. The zero-order valence-electron chi connectivity index (χ0n) is 11.1. The highest BCUT2D eigenvalue weighted by molar-refractivity contribution is 4.92. The number of nitrogens with zero attached hydrogens (tertiary/aromatic N) is 2. The van der Waals surface area contributed by atoms with Crippen molar-refractivity contribution in [1.29, 1.82) is 0 Å². The van der Waals surface area contributed by atoms with Crippen LogP contribution in [0.3, 0.4) is 0 Å². The van der Waals surface area contributed by atoms with Crippen molar-refractivity contribution in [2.75, 3.05) is 26.3 Å². The van der Waals surface area contributed by atoms with Crippen molar-refractivity contribution in [2.24, 2.45) is 0 Å². The summed E-state index contributed by atoms with van der Waals surface area (Å²) >= 11 is 0. The minimum absolute atomic E-state index is 0.815. The van der Waals surface area contributed by atoms with E-state index in [9.17, 15) is 0 Å². The predicted molar refractivity (Wildman–Crippen MR) is 70.2 cm³/mol. The number of ether oxygens (including phenoxy) is 1. The summed E-state index contributed by atoms with van der Waals surface area (Å²) in [6, 6.07) is 0. The Morgan fingerprint density at radius 3 is 3.00 bits per heavy atom. The highest BCUT2D eigenvalue weighted by atomic mass is 16.5. The van der Waals surface area contributed by atoms with E-state index in [4.69, 9.17) is 4.74 Å². The Kier molecular flexibility index (Phi) is 7.67. The fraction of sp³-hybridized carbons (Fsp3) is 0.769. The third kappa shape index (κ3) is 5.84. The lowest BCUT2D eigenvalue weighted by Crippen LogP contribution is -2.22. The third-order valence-corrected chi connectivity index (χ3v) is 2.65. The Bertz CT molecular complexity index is 286. The molecule has 1 aromatic heterocycles. The summed E-state index contributed by atoms with van der Waals surface area (Å²) in [5.74, 6) is 1.20. The van der Waals surface area contributed by atoms with E-state index in [-0.39, 0.29) is 0 Å². The molecule has 0 atom stereocenters. The van der Waals surface area contributed by atoms with Gasteiger partial charge in [-0.3, -0.25) is 0 Å². The Hall–Kier alpha value is -0.870.